The van der Waals surface area contributed by atoms with E-state index in [1.807, 2.05) is 6.07 Å². The van der Waals surface area contributed by atoms with E-state index >= 15 is 0 Å². The van der Waals surface area contributed by atoms with Gasteiger partial charge in [-0.2, -0.15) is 0 Å². The molecule has 1 aliphatic rings. The summed E-state index contributed by atoms with van der Waals surface area (Å²) in [5, 5.41) is 0. The number of allylic oxidation sites excluding steroid dienone is 1. The lowest BCUT2D eigenvalue weighted by Crippen LogP contribution is -2.26. The Kier molecular flexibility index (Phi) is 5.65. The second-order valence-electron chi connectivity index (χ2n) is 5.86. The highest BCUT2D eigenvalue weighted by molar-refractivity contribution is 5.43. The summed E-state index contributed by atoms with van der Waals surface area (Å²) in [5.41, 5.74) is 8.42. The molecular formula is C17H26N2O2. The highest BCUT2D eigenvalue weighted by Crippen LogP contribution is 2.29. The number of rotatable bonds is 6. The molecule has 0 aromatic heterocycles. The van der Waals surface area contributed by atoms with Crippen LogP contribution in [0.25, 0.3) is 0 Å². The smallest absolute Gasteiger partial charge is 0.161 e. The van der Waals surface area contributed by atoms with Gasteiger partial charge in [0.15, 0.2) is 11.5 Å². The number of benzene rings is 1. The first-order valence-electron chi connectivity index (χ1n) is 7.49. The van der Waals surface area contributed by atoms with Crippen LogP contribution >= 0.6 is 0 Å². The molecule has 1 aliphatic heterocycles. The van der Waals surface area contributed by atoms with Crippen molar-refractivity contribution in [1.82, 2.24) is 4.90 Å². The Hall–Kier alpha value is -1.52. The van der Waals surface area contributed by atoms with Crippen LogP contribution in [0, 0.1) is 0 Å². The molecule has 0 radical (unpaired) electrons. The van der Waals surface area contributed by atoms with E-state index in [0.29, 0.717) is 12.6 Å². The van der Waals surface area contributed by atoms with E-state index in [1.54, 1.807) is 7.11 Å². The van der Waals surface area contributed by atoms with E-state index in [0.717, 1.165) is 37.6 Å². The predicted molar refractivity (Wildman–Crippen MR) is 85.8 cm³/mol. The fraction of sp³-hybridized carbons (Fsp3) is 0.529. The van der Waals surface area contributed by atoms with Gasteiger partial charge in [-0.15, -0.1) is 0 Å². The molecular weight excluding hydrogens is 264 g/mol. The first-order chi connectivity index (χ1) is 10.1. The molecule has 2 N–H and O–H groups in total. The summed E-state index contributed by atoms with van der Waals surface area (Å²) in [6.07, 6.45) is 3.14. The lowest BCUT2D eigenvalue weighted by molar-refractivity contribution is 0.317. The Bertz CT molecular complexity index is 496. The molecule has 1 aromatic rings. The molecule has 0 bridgehead atoms. The van der Waals surface area contributed by atoms with Gasteiger partial charge in [0, 0.05) is 25.7 Å². The van der Waals surface area contributed by atoms with Crippen molar-refractivity contribution in [3.05, 3.63) is 35.4 Å². The minimum absolute atomic E-state index is 0.318. The number of methoxy groups -OCH3 is 1. The predicted octanol–water partition coefficient (Wildman–Crippen LogP) is 2.57. The molecule has 1 saturated heterocycles. The lowest BCUT2D eigenvalue weighted by Gasteiger charge is -2.17. The minimum Gasteiger partial charge on any atom is -0.493 e. The van der Waals surface area contributed by atoms with Crippen molar-refractivity contribution in [2.24, 2.45) is 5.73 Å². The van der Waals surface area contributed by atoms with Gasteiger partial charge in [-0.05, 0) is 44.0 Å². The van der Waals surface area contributed by atoms with Crippen LogP contribution in [0.15, 0.2) is 29.8 Å². The molecule has 1 heterocycles. The maximum Gasteiger partial charge on any atom is 0.161 e. The van der Waals surface area contributed by atoms with Gasteiger partial charge in [0.2, 0.25) is 0 Å². The molecule has 1 unspecified atom stereocenters. The summed E-state index contributed by atoms with van der Waals surface area (Å²) in [6, 6.07) is 6.47. The maximum absolute atomic E-state index is 5.95. The van der Waals surface area contributed by atoms with Gasteiger partial charge in [-0.1, -0.05) is 11.6 Å². The van der Waals surface area contributed by atoms with Crippen LogP contribution in [0.4, 0.5) is 0 Å². The van der Waals surface area contributed by atoms with Crippen molar-refractivity contribution in [3.63, 3.8) is 0 Å². The number of hydrogen-bond donors (Lipinski definition) is 1. The fourth-order valence-corrected chi connectivity index (χ4v) is 2.49. The van der Waals surface area contributed by atoms with Gasteiger partial charge in [0.25, 0.3) is 0 Å². The second-order valence-corrected chi connectivity index (χ2v) is 5.86. The van der Waals surface area contributed by atoms with Crippen LogP contribution in [-0.2, 0) is 6.54 Å². The van der Waals surface area contributed by atoms with E-state index < -0.39 is 0 Å². The molecule has 1 aromatic carbocycles. The van der Waals surface area contributed by atoms with Crippen LogP contribution in [0.1, 0.15) is 25.8 Å². The first kappa shape index (κ1) is 15.9. The molecule has 1 atom stereocenters. The van der Waals surface area contributed by atoms with Crippen molar-refractivity contribution >= 4 is 0 Å². The fourth-order valence-electron chi connectivity index (χ4n) is 2.49. The van der Waals surface area contributed by atoms with Gasteiger partial charge >= 0.3 is 0 Å². The second kappa shape index (κ2) is 7.48. The zero-order valence-corrected chi connectivity index (χ0v) is 13.3. The van der Waals surface area contributed by atoms with E-state index in [1.165, 1.54) is 11.1 Å². The SMILES string of the molecule is COc1cc(CN2CCC(N)C2)ccc1OCC=C(C)C. The molecule has 0 saturated carbocycles. The van der Waals surface area contributed by atoms with Crippen molar-refractivity contribution in [1.29, 1.82) is 0 Å². The Morgan fingerprint density at radius 3 is 2.81 bits per heavy atom. The van der Waals surface area contributed by atoms with Crippen LogP contribution in [0.5, 0.6) is 11.5 Å². The monoisotopic (exact) mass is 290 g/mol. The largest absolute Gasteiger partial charge is 0.493 e. The van der Waals surface area contributed by atoms with Crippen LogP contribution in [0.3, 0.4) is 0 Å². The maximum atomic E-state index is 5.95. The van der Waals surface area contributed by atoms with Crippen LogP contribution in [0.2, 0.25) is 0 Å². The summed E-state index contributed by atoms with van der Waals surface area (Å²) < 4.78 is 11.2. The summed E-state index contributed by atoms with van der Waals surface area (Å²) in [5.74, 6) is 1.58. The summed E-state index contributed by atoms with van der Waals surface area (Å²) in [6.45, 7) is 7.65. The Balaban J connectivity index is 2.00. The van der Waals surface area contributed by atoms with Gasteiger partial charge < -0.3 is 15.2 Å². The minimum atomic E-state index is 0.318. The average molecular weight is 290 g/mol. The molecule has 21 heavy (non-hydrogen) atoms. The van der Waals surface area contributed by atoms with Crippen molar-refractivity contribution in [2.75, 3.05) is 26.8 Å². The molecule has 0 aliphatic carbocycles. The normalized spacial score (nSPS) is 18.6. The van der Waals surface area contributed by atoms with E-state index in [4.69, 9.17) is 15.2 Å². The van der Waals surface area contributed by atoms with Crippen molar-refractivity contribution in [2.45, 2.75) is 32.9 Å². The number of hydrogen-bond acceptors (Lipinski definition) is 4. The Morgan fingerprint density at radius 2 is 2.19 bits per heavy atom. The van der Waals surface area contributed by atoms with E-state index in [2.05, 4.69) is 37.0 Å². The van der Waals surface area contributed by atoms with Crippen molar-refractivity contribution < 1.29 is 9.47 Å². The molecule has 2 rings (SSSR count). The third kappa shape index (κ3) is 4.76. The summed E-state index contributed by atoms with van der Waals surface area (Å²) in [4.78, 5) is 2.38. The van der Waals surface area contributed by atoms with E-state index in [9.17, 15) is 0 Å². The molecule has 0 spiro atoms. The number of ether oxygens (including phenoxy) is 2. The van der Waals surface area contributed by atoms with E-state index in [-0.39, 0.29) is 0 Å². The zero-order valence-electron chi connectivity index (χ0n) is 13.3. The highest BCUT2D eigenvalue weighted by Gasteiger charge is 2.19. The van der Waals surface area contributed by atoms with Gasteiger partial charge in [-0.3, -0.25) is 4.90 Å². The quantitative estimate of drug-likeness (QED) is 0.818. The third-order valence-corrected chi connectivity index (χ3v) is 3.67. The first-order valence-corrected chi connectivity index (χ1v) is 7.49. The van der Waals surface area contributed by atoms with Gasteiger partial charge in [-0.25, -0.2) is 0 Å². The van der Waals surface area contributed by atoms with Gasteiger partial charge in [0.1, 0.15) is 6.61 Å². The molecule has 1 fully saturated rings. The van der Waals surface area contributed by atoms with Crippen LogP contribution < -0.4 is 15.2 Å². The Labute approximate surface area is 127 Å². The molecule has 4 heteroatoms. The standard InChI is InChI=1S/C17H26N2O2/c1-13(2)7-9-21-16-5-4-14(10-17(16)20-3)11-19-8-6-15(18)12-19/h4-5,7,10,15H,6,8-9,11-12,18H2,1-3H3. The number of nitrogens with zero attached hydrogens (tertiary/aromatic N) is 1. The topological polar surface area (TPSA) is 47.7 Å². The third-order valence-electron chi connectivity index (χ3n) is 3.67. The van der Waals surface area contributed by atoms with Crippen LogP contribution in [-0.4, -0.2) is 37.7 Å². The van der Waals surface area contributed by atoms with Gasteiger partial charge in [0.05, 0.1) is 7.11 Å². The zero-order chi connectivity index (χ0) is 15.2. The summed E-state index contributed by atoms with van der Waals surface area (Å²) in [7, 11) is 1.68. The number of likely N-dealkylation sites (tertiary alicyclic amines) is 1. The Morgan fingerprint density at radius 1 is 1.38 bits per heavy atom. The lowest BCUT2D eigenvalue weighted by atomic mass is 10.2. The number of nitrogens with two attached hydrogens (primary N) is 1. The molecule has 116 valence electrons. The highest BCUT2D eigenvalue weighted by atomic mass is 16.5. The molecule has 4 nitrogen and oxygen atoms in total. The average Bonchev–Trinajstić information content (AvgIpc) is 2.85. The van der Waals surface area contributed by atoms with Crippen molar-refractivity contribution in [3.8, 4) is 11.5 Å². The summed E-state index contributed by atoms with van der Waals surface area (Å²) >= 11 is 0. The molecule has 0 amide bonds.